The van der Waals surface area contributed by atoms with E-state index < -0.39 is 0 Å². The summed E-state index contributed by atoms with van der Waals surface area (Å²) in [7, 11) is 1.65. The smallest absolute Gasteiger partial charge is 0.140 e. The number of rotatable bonds is 8. The molecule has 0 saturated carbocycles. The standard InChI is InChI=1S/C16H22N2O2S/c1-12(2)8-17-9-15-10-18-16(21-15)11-20-14-6-4-13(19-3)5-7-14/h4-7,10,12,17H,8-9,11H2,1-3H3. The molecule has 2 aromatic rings. The van der Waals surface area contributed by atoms with Crippen molar-refractivity contribution in [3.8, 4) is 11.5 Å². The molecule has 1 heterocycles. The van der Waals surface area contributed by atoms with E-state index in [-0.39, 0.29) is 0 Å². The number of methoxy groups -OCH3 is 1. The molecule has 0 radical (unpaired) electrons. The number of ether oxygens (including phenoxy) is 2. The summed E-state index contributed by atoms with van der Waals surface area (Å²) in [6.07, 6.45) is 1.92. The lowest BCUT2D eigenvalue weighted by Gasteiger charge is -2.05. The predicted octanol–water partition coefficient (Wildman–Crippen LogP) is 3.48. The van der Waals surface area contributed by atoms with Crippen LogP contribution in [0.5, 0.6) is 11.5 Å². The summed E-state index contributed by atoms with van der Waals surface area (Å²) in [4.78, 5) is 5.63. The van der Waals surface area contributed by atoms with Crippen molar-refractivity contribution in [2.75, 3.05) is 13.7 Å². The van der Waals surface area contributed by atoms with E-state index in [1.54, 1.807) is 18.4 Å². The number of benzene rings is 1. The SMILES string of the molecule is COc1ccc(OCc2ncc(CNCC(C)C)s2)cc1. The van der Waals surface area contributed by atoms with Crippen molar-refractivity contribution in [2.24, 2.45) is 5.92 Å². The lowest BCUT2D eigenvalue weighted by Crippen LogP contribution is -2.18. The minimum atomic E-state index is 0.501. The maximum Gasteiger partial charge on any atom is 0.140 e. The van der Waals surface area contributed by atoms with Crippen LogP contribution in [-0.4, -0.2) is 18.6 Å². The first-order chi connectivity index (χ1) is 10.2. The Morgan fingerprint density at radius 3 is 2.57 bits per heavy atom. The van der Waals surface area contributed by atoms with E-state index in [1.807, 2.05) is 30.5 Å². The molecule has 4 nitrogen and oxygen atoms in total. The highest BCUT2D eigenvalue weighted by molar-refractivity contribution is 7.11. The number of hydrogen-bond acceptors (Lipinski definition) is 5. The molecule has 0 amide bonds. The minimum Gasteiger partial charge on any atom is -0.497 e. The number of nitrogens with zero attached hydrogens (tertiary/aromatic N) is 1. The normalized spacial score (nSPS) is 10.9. The van der Waals surface area contributed by atoms with Gasteiger partial charge < -0.3 is 14.8 Å². The monoisotopic (exact) mass is 306 g/mol. The molecular formula is C16H22N2O2S. The van der Waals surface area contributed by atoms with Crippen molar-refractivity contribution in [2.45, 2.75) is 27.0 Å². The first kappa shape index (κ1) is 15.8. The highest BCUT2D eigenvalue weighted by Gasteiger charge is 2.04. The third-order valence-corrected chi connectivity index (χ3v) is 3.85. The Hall–Kier alpha value is -1.59. The van der Waals surface area contributed by atoms with Gasteiger partial charge in [-0.2, -0.15) is 0 Å². The van der Waals surface area contributed by atoms with Crippen LogP contribution in [0, 0.1) is 5.92 Å². The van der Waals surface area contributed by atoms with Crippen LogP contribution in [0.3, 0.4) is 0 Å². The molecule has 0 atom stereocenters. The maximum absolute atomic E-state index is 5.72. The Kier molecular flexibility index (Phi) is 6.02. The van der Waals surface area contributed by atoms with E-state index in [9.17, 15) is 0 Å². The Bertz CT molecular complexity index is 537. The molecule has 1 aromatic carbocycles. The van der Waals surface area contributed by atoms with Gasteiger partial charge in [-0.25, -0.2) is 4.98 Å². The number of thiazole rings is 1. The van der Waals surface area contributed by atoms with Gasteiger partial charge >= 0.3 is 0 Å². The van der Waals surface area contributed by atoms with E-state index in [4.69, 9.17) is 9.47 Å². The average Bonchev–Trinajstić information content (AvgIpc) is 2.93. The number of hydrogen-bond donors (Lipinski definition) is 1. The van der Waals surface area contributed by atoms with Crippen molar-refractivity contribution >= 4 is 11.3 Å². The molecule has 0 aliphatic rings. The fraction of sp³-hybridized carbons (Fsp3) is 0.438. The Morgan fingerprint density at radius 2 is 1.90 bits per heavy atom. The zero-order chi connectivity index (χ0) is 15.1. The zero-order valence-corrected chi connectivity index (χ0v) is 13.6. The highest BCUT2D eigenvalue weighted by atomic mass is 32.1. The molecule has 0 aliphatic heterocycles. The van der Waals surface area contributed by atoms with Gasteiger partial charge in [-0.15, -0.1) is 11.3 Å². The largest absolute Gasteiger partial charge is 0.497 e. The van der Waals surface area contributed by atoms with Crippen LogP contribution in [0.25, 0.3) is 0 Å². The second kappa shape index (κ2) is 8.00. The van der Waals surface area contributed by atoms with Crippen LogP contribution in [0.2, 0.25) is 0 Å². The van der Waals surface area contributed by atoms with Crippen LogP contribution in [0.4, 0.5) is 0 Å². The minimum absolute atomic E-state index is 0.501. The quantitative estimate of drug-likeness (QED) is 0.811. The Balaban J connectivity index is 1.79. The first-order valence-electron chi connectivity index (χ1n) is 7.08. The second-order valence-corrected chi connectivity index (χ2v) is 6.41. The summed E-state index contributed by atoms with van der Waals surface area (Å²) in [5.74, 6) is 2.32. The third kappa shape index (κ3) is 5.36. The van der Waals surface area contributed by atoms with Gasteiger partial charge in [-0.05, 0) is 36.7 Å². The molecule has 0 unspecified atom stereocenters. The van der Waals surface area contributed by atoms with E-state index in [0.717, 1.165) is 29.6 Å². The van der Waals surface area contributed by atoms with E-state index in [2.05, 4.69) is 24.1 Å². The van der Waals surface area contributed by atoms with E-state index in [0.29, 0.717) is 12.5 Å². The lowest BCUT2D eigenvalue weighted by molar-refractivity contribution is 0.305. The lowest BCUT2D eigenvalue weighted by atomic mass is 10.2. The molecule has 0 saturated heterocycles. The van der Waals surface area contributed by atoms with Crippen LogP contribution < -0.4 is 14.8 Å². The summed E-state index contributed by atoms with van der Waals surface area (Å²) in [6, 6.07) is 7.58. The summed E-state index contributed by atoms with van der Waals surface area (Å²) >= 11 is 1.69. The van der Waals surface area contributed by atoms with Crippen LogP contribution in [0.1, 0.15) is 23.7 Å². The molecular weight excluding hydrogens is 284 g/mol. The van der Waals surface area contributed by atoms with Gasteiger partial charge in [0.2, 0.25) is 0 Å². The van der Waals surface area contributed by atoms with E-state index in [1.165, 1.54) is 4.88 Å². The van der Waals surface area contributed by atoms with Crippen molar-refractivity contribution in [3.63, 3.8) is 0 Å². The third-order valence-electron chi connectivity index (χ3n) is 2.88. The second-order valence-electron chi connectivity index (χ2n) is 5.21. The van der Waals surface area contributed by atoms with Crippen molar-refractivity contribution in [1.29, 1.82) is 0 Å². The summed E-state index contributed by atoms with van der Waals surface area (Å²) in [6.45, 7) is 6.80. The van der Waals surface area contributed by atoms with Crippen molar-refractivity contribution in [1.82, 2.24) is 10.3 Å². The molecule has 114 valence electrons. The summed E-state index contributed by atoms with van der Waals surface area (Å²) in [5, 5.41) is 4.41. The number of aromatic nitrogens is 1. The molecule has 1 aromatic heterocycles. The van der Waals surface area contributed by atoms with Crippen LogP contribution in [-0.2, 0) is 13.2 Å². The Morgan fingerprint density at radius 1 is 1.19 bits per heavy atom. The molecule has 0 spiro atoms. The van der Waals surface area contributed by atoms with Gasteiger partial charge in [0.1, 0.15) is 23.1 Å². The van der Waals surface area contributed by atoms with Crippen LogP contribution >= 0.6 is 11.3 Å². The van der Waals surface area contributed by atoms with Crippen molar-refractivity contribution in [3.05, 3.63) is 40.3 Å². The Labute approximate surface area is 130 Å². The summed E-state index contributed by atoms with van der Waals surface area (Å²) < 4.78 is 10.8. The van der Waals surface area contributed by atoms with Crippen molar-refractivity contribution < 1.29 is 9.47 Å². The summed E-state index contributed by atoms with van der Waals surface area (Å²) in [5.41, 5.74) is 0. The zero-order valence-electron chi connectivity index (χ0n) is 12.8. The fourth-order valence-corrected chi connectivity index (χ4v) is 2.60. The average molecular weight is 306 g/mol. The molecule has 5 heteroatoms. The first-order valence-corrected chi connectivity index (χ1v) is 7.90. The molecule has 2 rings (SSSR count). The van der Waals surface area contributed by atoms with Gasteiger partial charge in [0.05, 0.1) is 7.11 Å². The van der Waals surface area contributed by atoms with Gasteiger partial charge in [-0.3, -0.25) is 0 Å². The molecule has 1 N–H and O–H groups in total. The molecule has 0 bridgehead atoms. The maximum atomic E-state index is 5.72. The van der Waals surface area contributed by atoms with E-state index >= 15 is 0 Å². The topological polar surface area (TPSA) is 43.4 Å². The van der Waals surface area contributed by atoms with Crippen LogP contribution in [0.15, 0.2) is 30.5 Å². The fourth-order valence-electron chi connectivity index (χ4n) is 1.80. The molecule has 21 heavy (non-hydrogen) atoms. The van der Waals surface area contributed by atoms with Gasteiger partial charge in [0.15, 0.2) is 0 Å². The van der Waals surface area contributed by atoms with Gasteiger partial charge in [0.25, 0.3) is 0 Å². The van der Waals surface area contributed by atoms with Gasteiger partial charge in [0, 0.05) is 17.6 Å². The predicted molar refractivity (Wildman–Crippen MR) is 86.0 cm³/mol. The number of nitrogens with one attached hydrogen (secondary N) is 1. The highest BCUT2D eigenvalue weighted by Crippen LogP contribution is 2.19. The molecule has 0 fully saturated rings. The van der Waals surface area contributed by atoms with Gasteiger partial charge in [-0.1, -0.05) is 13.8 Å². The molecule has 0 aliphatic carbocycles.